The highest BCUT2D eigenvalue weighted by Gasteiger charge is 2.72. The molecule has 0 spiro atoms. The van der Waals surface area contributed by atoms with E-state index in [1.54, 1.807) is 0 Å². The first-order valence-corrected chi connectivity index (χ1v) is 30.8. The molecule has 5 saturated heterocycles. The van der Waals surface area contributed by atoms with Gasteiger partial charge in [0.2, 0.25) is 0 Å². The Morgan fingerprint density at radius 1 is 0.512 bits per heavy atom. The van der Waals surface area contributed by atoms with Crippen LogP contribution >= 0.6 is 0 Å². The van der Waals surface area contributed by atoms with Crippen LogP contribution in [0.1, 0.15) is 113 Å². The Bertz CT molecular complexity index is 2260. The molecule has 27 heteroatoms. The Morgan fingerprint density at radius 2 is 1.01 bits per heavy atom. The van der Waals surface area contributed by atoms with Crippen LogP contribution in [0.2, 0.25) is 0 Å². The number of hydrogen-bond donors (Lipinski definition) is 17. The van der Waals surface area contributed by atoms with Crippen LogP contribution < -0.4 is 0 Å². The van der Waals surface area contributed by atoms with Gasteiger partial charge in [0.25, 0.3) is 0 Å². The summed E-state index contributed by atoms with van der Waals surface area (Å²) >= 11 is 0. The fraction of sp³-hybridized carbons (Fsp3) is 0.966. The number of ether oxygens (including phenoxy) is 10. The van der Waals surface area contributed by atoms with Gasteiger partial charge in [0.1, 0.15) is 116 Å². The topological polar surface area (TPSA) is 436 Å². The van der Waals surface area contributed by atoms with Gasteiger partial charge in [-0.2, -0.15) is 0 Å². The van der Waals surface area contributed by atoms with E-state index in [2.05, 4.69) is 40.7 Å². The lowest BCUT2D eigenvalue weighted by atomic mass is 9.35. The van der Waals surface area contributed by atoms with Gasteiger partial charge in [-0.15, -0.1) is 0 Å². The van der Waals surface area contributed by atoms with E-state index < -0.39 is 209 Å². The molecular weight excluding hydrogens is 1140 g/mol. The third kappa shape index (κ3) is 12.3. The minimum atomic E-state index is -1.89. The third-order valence-electron chi connectivity index (χ3n) is 22.6. The zero-order valence-corrected chi connectivity index (χ0v) is 50.5. The molecule has 498 valence electrons. The Hall–Kier alpha value is -1.34. The molecule has 9 aliphatic rings. The highest BCUT2D eigenvalue weighted by Crippen LogP contribution is 2.76. The number of hydrogen-bond acceptors (Lipinski definition) is 27. The van der Waals surface area contributed by atoms with Crippen molar-refractivity contribution < 1.29 is 134 Å². The summed E-state index contributed by atoms with van der Waals surface area (Å²) in [5, 5.41) is 185. The first-order valence-electron chi connectivity index (χ1n) is 30.8. The van der Waals surface area contributed by atoms with Gasteiger partial charge in [-0.25, -0.2) is 0 Å². The number of aliphatic hydroxyl groups is 17. The Kier molecular flexibility index (Phi) is 21.3. The summed E-state index contributed by atoms with van der Waals surface area (Å²) in [6.45, 7) is 13.8. The van der Waals surface area contributed by atoms with Crippen molar-refractivity contribution in [2.75, 3.05) is 33.0 Å². The second-order valence-corrected chi connectivity index (χ2v) is 28.1. The Morgan fingerprint density at radius 3 is 1.59 bits per heavy atom. The van der Waals surface area contributed by atoms with Crippen molar-refractivity contribution in [3.8, 4) is 0 Å². The van der Waals surface area contributed by atoms with E-state index in [9.17, 15) is 86.8 Å². The first-order chi connectivity index (χ1) is 40.3. The van der Waals surface area contributed by atoms with Gasteiger partial charge in [0, 0.05) is 0 Å². The Balaban J connectivity index is 0.933. The molecule has 0 radical (unpaired) electrons. The molecule has 9 rings (SSSR count). The van der Waals surface area contributed by atoms with Crippen LogP contribution in [0.15, 0.2) is 11.6 Å². The predicted octanol–water partition coefficient (Wildman–Crippen LogP) is -3.74. The fourth-order valence-electron chi connectivity index (χ4n) is 17.4. The van der Waals surface area contributed by atoms with Crippen LogP contribution in [0.5, 0.6) is 0 Å². The van der Waals surface area contributed by atoms with Gasteiger partial charge in [-0.1, -0.05) is 46.3 Å². The minimum Gasteiger partial charge on any atom is -0.394 e. The highest BCUT2D eigenvalue weighted by molar-refractivity contribution is 5.21. The van der Waals surface area contributed by atoms with Gasteiger partial charge in [-0.05, 0) is 124 Å². The molecule has 27 nitrogen and oxygen atoms in total. The lowest BCUT2D eigenvalue weighted by molar-refractivity contribution is -0.395. The van der Waals surface area contributed by atoms with Crippen LogP contribution in [0.4, 0.5) is 0 Å². The summed E-state index contributed by atoms with van der Waals surface area (Å²) in [5.41, 5.74) is -1.87. The molecule has 4 saturated carbocycles. The van der Waals surface area contributed by atoms with Crippen molar-refractivity contribution in [1.29, 1.82) is 0 Å². The predicted molar refractivity (Wildman–Crippen MR) is 293 cm³/mol. The van der Waals surface area contributed by atoms with Crippen molar-refractivity contribution in [2.45, 2.75) is 278 Å². The molecule has 0 aromatic rings. The molecule has 5 heterocycles. The van der Waals surface area contributed by atoms with E-state index in [0.717, 1.165) is 24.8 Å². The van der Waals surface area contributed by atoms with Crippen LogP contribution in [-0.4, -0.2) is 285 Å². The largest absolute Gasteiger partial charge is 0.394 e. The van der Waals surface area contributed by atoms with Crippen LogP contribution in [0, 0.1) is 45.3 Å². The van der Waals surface area contributed by atoms with E-state index in [-0.39, 0.29) is 34.5 Å². The van der Waals surface area contributed by atoms with Crippen molar-refractivity contribution >= 4 is 0 Å². The molecule has 0 aromatic heterocycles. The van der Waals surface area contributed by atoms with Gasteiger partial charge < -0.3 is 134 Å². The molecule has 5 aliphatic heterocycles. The van der Waals surface area contributed by atoms with Gasteiger partial charge >= 0.3 is 0 Å². The standard InChI is InChI=1S/C59H100O27/c1-24(2)10-9-14-59(8,86-52-47(76)42(71)40(69)31(82-52)23-78-50-46(75)41(70)37(66)28(19-60)79-50)25-11-16-58(7)35(25)26(63)18-33-56(5)15-13-34(55(3,4)32(56)12-17-57(33,58)6)83-53-48(43(72)38(67)29(20-61)80-53)85-54-49(44(73)39(68)30(21-62)81-54)84-51-45(74)36(65)27(64)22-77-51/h10,25-54,60-76H,9,11-23H2,1-8H3/t25-,26+,27+,28+,29+,30+,31+,32-,33-,34-,35+,36-,37+,38+,39+,40+,41-,42-,43-,44-,45+,46+,47+,48+,49+,50+,51-,52-,53-,54-,56-,57+,58+,59-/m0/s1. The maximum Gasteiger partial charge on any atom is 0.187 e. The second kappa shape index (κ2) is 26.6. The molecule has 0 unspecified atom stereocenters. The number of rotatable bonds is 18. The molecular formula is C59H100O27. The lowest BCUT2D eigenvalue weighted by Crippen LogP contribution is -2.68. The molecule has 4 aliphatic carbocycles. The fourth-order valence-corrected chi connectivity index (χ4v) is 17.4. The lowest BCUT2D eigenvalue weighted by Gasteiger charge is -2.71. The second-order valence-electron chi connectivity index (χ2n) is 28.1. The van der Waals surface area contributed by atoms with E-state index in [4.69, 9.17) is 47.4 Å². The molecule has 17 N–H and O–H groups in total. The molecule has 0 aromatic carbocycles. The highest BCUT2D eigenvalue weighted by atomic mass is 16.8. The Labute approximate surface area is 501 Å². The van der Waals surface area contributed by atoms with E-state index >= 15 is 0 Å². The smallest absolute Gasteiger partial charge is 0.187 e. The summed E-state index contributed by atoms with van der Waals surface area (Å²) in [6, 6.07) is 0. The summed E-state index contributed by atoms with van der Waals surface area (Å²) in [4.78, 5) is 0. The monoisotopic (exact) mass is 1240 g/mol. The number of allylic oxidation sites excluding steroid dienone is 2. The zero-order valence-electron chi connectivity index (χ0n) is 50.5. The van der Waals surface area contributed by atoms with E-state index in [0.29, 0.717) is 38.5 Å². The van der Waals surface area contributed by atoms with Crippen LogP contribution in [-0.2, 0) is 47.4 Å². The number of fused-ring (bicyclic) bond motifs is 5. The quantitative estimate of drug-likeness (QED) is 0.0463. The van der Waals surface area contributed by atoms with Gasteiger partial charge in [0.15, 0.2) is 31.5 Å². The first kappa shape index (κ1) is 69.0. The van der Waals surface area contributed by atoms with Crippen LogP contribution in [0.3, 0.4) is 0 Å². The average Bonchev–Trinajstić information content (AvgIpc) is 1.26. The van der Waals surface area contributed by atoms with Crippen molar-refractivity contribution in [1.82, 2.24) is 0 Å². The molecule has 34 atom stereocenters. The summed E-state index contributed by atoms with van der Waals surface area (Å²) in [7, 11) is 0. The van der Waals surface area contributed by atoms with Crippen molar-refractivity contribution in [3.05, 3.63) is 11.6 Å². The van der Waals surface area contributed by atoms with Gasteiger partial charge in [0.05, 0.1) is 50.8 Å². The normalized spacial score (nSPS) is 52.9. The maximum atomic E-state index is 12.9. The number of aliphatic hydroxyl groups excluding tert-OH is 17. The van der Waals surface area contributed by atoms with Crippen LogP contribution in [0.25, 0.3) is 0 Å². The summed E-state index contributed by atoms with van der Waals surface area (Å²) in [5.74, 6) is -0.656. The van der Waals surface area contributed by atoms with E-state index in [1.807, 2.05) is 20.8 Å². The summed E-state index contributed by atoms with van der Waals surface area (Å²) in [6.07, 6.45) is -33.5. The molecule has 9 fully saturated rings. The van der Waals surface area contributed by atoms with E-state index in [1.165, 1.54) is 0 Å². The average molecular weight is 1240 g/mol. The maximum absolute atomic E-state index is 12.9. The summed E-state index contributed by atoms with van der Waals surface area (Å²) < 4.78 is 61.1. The van der Waals surface area contributed by atoms with Crippen molar-refractivity contribution in [3.63, 3.8) is 0 Å². The molecule has 86 heavy (non-hydrogen) atoms. The molecule has 0 bridgehead atoms. The third-order valence-corrected chi connectivity index (χ3v) is 22.6. The zero-order chi connectivity index (χ0) is 63.1. The SMILES string of the molecule is CC(C)=CCC[C@](C)(O[C@@H]1O[C@H](CO[C@@H]2O[C@H](CO)[C@@H](O)[C@H](O)[C@H]2O)[C@@H](O)[C@H](O)[C@H]1O)[C@H]1CC[C@]2(C)[C@H]1[C@H](O)C[C@H]1[C@@]3(C)CC[C@H](O[C@@H]4O[C@H](CO)[C@@H](O)[C@H](O)[C@H]4O[C@@H]4O[C@H](CO)[C@@H](O)[C@H](O)[C@H]4O[C@@H]4OC[C@@H](O)[C@H](O)[C@H]4O)C(C)(C)[C@@H]3CC[C@]12C. The van der Waals surface area contributed by atoms with Gasteiger partial charge in [-0.3, -0.25) is 0 Å². The minimum absolute atomic E-state index is 0.0122. The molecule has 0 amide bonds. The van der Waals surface area contributed by atoms with Crippen molar-refractivity contribution in [2.24, 2.45) is 45.3 Å².